The van der Waals surface area contributed by atoms with Crippen molar-refractivity contribution in [3.05, 3.63) is 21.9 Å². The van der Waals surface area contributed by atoms with E-state index >= 15 is 0 Å². The summed E-state index contributed by atoms with van der Waals surface area (Å²) in [5.74, 6) is 0. The minimum Gasteiger partial charge on any atom is -0.281 e. The summed E-state index contributed by atoms with van der Waals surface area (Å²) in [6, 6.07) is 2.80. The van der Waals surface area contributed by atoms with Gasteiger partial charge in [-0.3, -0.25) is 4.55 Å². The molecule has 0 unspecified atom stereocenters. The Hall–Kier alpha value is -0.210. The van der Waals surface area contributed by atoms with E-state index in [1.807, 2.05) is 22.6 Å². The molecule has 0 aromatic carbocycles. The van der Waals surface area contributed by atoms with E-state index in [1.54, 1.807) is 6.07 Å². The lowest BCUT2D eigenvalue weighted by molar-refractivity contribution is 0.479. The van der Waals surface area contributed by atoms with Crippen molar-refractivity contribution in [2.45, 2.75) is 5.03 Å². The number of pyridine rings is 1. The summed E-state index contributed by atoms with van der Waals surface area (Å²) < 4.78 is 30.2. The molecule has 1 N–H and O–H groups in total. The van der Waals surface area contributed by atoms with Crippen molar-refractivity contribution in [1.82, 2.24) is 4.98 Å². The zero-order valence-corrected chi connectivity index (χ0v) is 8.20. The maximum atomic E-state index is 10.4. The second kappa shape index (κ2) is 3.03. The van der Waals surface area contributed by atoms with Crippen LogP contribution in [0.25, 0.3) is 0 Å². The van der Waals surface area contributed by atoms with Crippen molar-refractivity contribution in [2.75, 3.05) is 0 Å². The molecule has 0 bridgehead atoms. The number of rotatable bonds is 1. The Bertz CT molecular complexity index is 344. The third-order valence-corrected chi connectivity index (χ3v) is 2.37. The lowest BCUT2D eigenvalue weighted by Crippen LogP contribution is -2.00. The van der Waals surface area contributed by atoms with Crippen molar-refractivity contribution in [3.8, 4) is 0 Å². The van der Waals surface area contributed by atoms with Gasteiger partial charge in [-0.1, -0.05) is 0 Å². The lowest BCUT2D eigenvalue weighted by Gasteiger charge is -1.93. The molecule has 1 rings (SSSR count). The summed E-state index contributed by atoms with van der Waals surface area (Å²) in [6.45, 7) is 0. The van der Waals surface area contributed by atoms with E-state index in [0.717, 1.165) is 3.57 Å². The fraction of sp³-hybridized carbons (Fsp3) is 0. The van der Waals surface area contributed by atoms with Gasteiger partial charge in [-0.05, 0) is 34.7 Å². The molecule has 0 aliphatic rings. The van der Waals surface area contributed by atoms with Gasteiger partial charge in [0.15, 0.2) is 5.03 Å². The predicted molar refractivity (Wildman–Crippen MR) is 46.8 cm³/mol. The fourth-order valence-corrected chi connectivity index (χ4v) is 1.26. The molecule has 1 aromatic rings. The molecule has 0 saturated carbocycles. The highest BCUT2D eigenvalue weighted by Crippen LogP contribution is 2.07. The van der Waals surface area contributed by atoms with Crippen LogP contribution in [0.4, 0.5) is 0 Å². The third kappa shape index (κ3) is 2.38. The van der Waals surface area contributed by atoms with E-state index in [9.17, 15) is 8.42 Å². The van der Waals surface area contributed by atoms with Crippen LogP contribution < -0.4 is 0 Å². The van der Waals surface area contributed by atoms with Crippen molar-refractivity contribution in [2.24, 2.45) is 0 Å². The first kappa shape index (κ1) is 8.88. The quantitative estimate of drug-likeness (QED) is 0.616. The van der Waals surface area contributed by atoms with Gasteiger partial charge in [0.25, 0.3) is 0 Å². The topological polar surface area (TPSA) is 67.3 Å². The number of nitrogens with zero attached hydrogens (tertiary/aromatic N) is 1. The molecule has 4 nitrogen and oxygen atoms in total. The second-order valence-corrected chi connectivity index (χ2v) is 4.40. The summed E-state index contributed by atoms with van der Waals surface area (Å²) in [4.78, 5) is 3.50. The maximum absolute atomic E-state index is 10.4. The molecular weight excluding hydrogens is 281 g/mol. The van der Waals surface area contributed by atoms with Gasteiger partial charge in [-0.2, -0.15) is 8.42 Å². The molecule has 11 heavy (non-hydrogen) atoms. The van der Waals surface area contributed by atoms with Crippen LogP contribution >= 0.6 is 22.6 Å². The Morgan fingerprint density at radius 3 is 2.45 bits per heavy atom. The Kier molecular flexibility index (Phi) is 2.45. The summed E-state index contributed by atoms with van der Waals surface area (Å²) in [5.41, 5.74) is 0. The molecule has 0 atom stereocenters. The maximum Gasteiger partial charge on any atom is 0.312 e. The second-order valence-electron chi connectivity index (χ2n) is 1.79. The highest BCUT2D eigenvalue weighted by Gasteiger charge is 2.09. The molecule has 0 saturated heterocycles. The van der Waals surface area contributed by atoms with Crippen LogP contribution in [0.5, 0.6) is 0 Å². The number of halogens is 1. The van der Waals surface area contributed by atoms with Gasteiger partial charge in [-0.15, -0.1) is 0 Å². The van der Waals surface area contributed by atoms with Crippen molar-refractivity contribution in [3.63, 3.8) is 0 Å². The number of hydrogen-bond acceptors (Lipinski definition) is 3. The van der Waals surface area contributed by atoms with Crippen LogP contribution in [0.3, 0.4) is 0 Å². The van der Waals surface area contributed by atoms with E-state index in [0.29, 0.717) is 0 Å². The van der Waals surface area contributed by atoms with Gasteiger partial charge in [0.1, 0.15) is 0 Å². The number of aromatic nitrogens is 1. The zero-order valence-electron chi connectivity index (χ0n) is 5.23. The van der Waals surface area contributed by atoms with Crippen LogP contribution in [0, 0.1) is 3.57 Å². The van der Waals surface area contributed by atoms with Crippen molar-refractivity contribution in [1.29, 1.82) is 0 Å². The van der Waals surface area contributed by atoms with Gasteiger partial charge in [-0.25, -0.2) is 4.98 Å². The molecule has 6 heteroatoms. The Labute approximate surface area is 77.5 Å². The molecule has 0 amide bonds. The lowest BCUT2D eigenvalue weighted by atomic mass is 10.5. The summed E-state index contributed by atoms with van der Waals surface area (Å²) in [6.07, 6.45) is 1.36. The Morgan fingerprint density at radius 2 is 2.09 bits per heavy atom. The summed E-state index contributed by atoms with van der Waals surface area (Å²) in [5, 5.41) is -0.321. The van der Waals surface area contributed by atoms with E-state index in [4.69, 9.17) is 4.55 Å². The highest BCUT2D eigenvalue weighted by molar-refractivity contribution is 14.1. The van der Waals surface area contributed by atoms with Gasteiger partial charge in [0.05, 0.1) is 0 Å². The molecule has 0 fully saturated rings. The van der Waals surface area contributed by atoms with E-state index in [1.165, 1.54) is 12.3 Å². The van der Waals surface area contributed by atoms with Gasteiger partial charge >= 0.3 is 10.1 Å². The SMILES string of the molecule is O=S(=O)(O)c1ccc(I)cn1. The average molecular weight is 285 g/mol. The fourth-order valence-electron chi connectivity index (χ4n) is 0.515. The molecule has 0 spiro atoms. The largest absolute Gasteiger partial charge is 0.312 e. The van der Waals surface area contributed by atoms with Crippen LogP contribution in [0.1, 0.15) is 0 Å². The average Bonchev–Trinajstić information content (AvgIpc) is 1.86. The minimum atomic E-state index is -4.13. The Balaban J connectivity index is 3.20. The van der Waals surface area contributed by atoms with E-state index in [-0.39, 0.29) is 5.03 Å². The third-order valence-electron chi connectivity index (χ3n) is 0.965. The smallest absolute Gasteiger partial charge is 0.281 e. The molecule has 1 heterocycles. The van der Waals surface area contributed by atoms with Crippen LogP contribution in [-0.4, -0.2) is 18.0 Å². The molecule has 0 aliphatic heterocycles. The normalized spacial score (nSPS) is 11.5. The summed E-state index contributed by atoms with van der Waals surface area (Å²) in [7, 11) is -4.13. The van der Waals surface area contributed by atoms with Crippen LogP contribution in [0.15, 0.2) is 23.4 Å². The molecule has 60 valence electrons. The predicted octanol–water partition coefficient (Wildman–Crippen LogP) is 0.933. The zero-order chi connectivity index (χ0) is 8.48. The van der Waals surface area contributed by atoms with Gasteiger partial charge in [0.2, 0.25) is 0 Å². The molecule has 0 radical (unpaired) electrons. The van der Waals surface area contributed by atoms with Crippen molar-refractivity contribution < 1.29 is 13.0 Å². The van der Waals surface area contributed by atoms with Crippen molar-refractivity contribution >= 4 is 32.7 Å². The first-order valence-corrected chi connectivity index (χ1v) is 5.11. The standard InChI is InChI=1S/C5H4INO3S/c6-4-1-2-5(7-3-4)11(8,9)10/h1-3H,(H,8,9,10). The summed E-state index contributed by atoms with van der Waals surface area (Å²) >= 11 is 1.99. The molecular formula is C5H4INO3S. The van der Waals surface area contributed by atoms with Crippen LogP contribution in [0.2, 0.25) is 0 Å². The molecule has 1 aromatic heterocycles. The minimum absolute atomic E-state index is 0.321. The van der Waals surface area contributed by atoms with E-state index in [2.05, 4.69) is 4.98 Å². The van der Waals surface area contributed by atoms with E-state index < -0.39 is 10.1 Å². The van der Waals surface area contributed by atoms with Gasteiger partial charge in [0, 0.05) is 9.77 Å². The molecule has 0 aliphatic carbocycles. The van der Waals surface area contributed by atoms with Crippen LogP contribution in [-0.2, 0) is 10.1 Å². The first-order valence-electron chi connectivity index (χ1n) is 2.59. The van der Waals surface area contributed by atoms with Gasteiger partial charge < -0.3 is 0 Å². The highest BCUT2D eigenvalue weighted by atomic mass is 127. The monoisotopic (exact) mass is 285 g/mol. The first-order chi connectivity index (χ1) is 5.00. The number of hydrogen-bond donors (Lipinski definition) is 1. The Morgan fingerprint density at radius 1 is 1.45 bits per heavy atom.